The van der Waals surface area contributed by atoms with Crippen molar-refractivity contribution < 1.29 is 14.3 Å². The number of nitrogens with one attached hydrogen (secondary N) is 1. The number of carbonyl (C=O) groups excluding carboxylic acids is 2. The Bertz CT molecular complexity index is 1140. The minimum absolute atomic E-state index is 0.0438. The molecule has 8 heteroatoms. The van der Waals surface area contributed by atoms with Gasteiger partial charge in [0.25, 0.3) is 11.5 Å². The molecule has 0 aliphatic heterocycles. The Morgan fingerprint density at radius 3 is 2.79 bits per heavy atom. The van der Waals surface area contributed by atoms with E-state index in [0.29, 0.717) is 16.6 Å². The van der Waals surface area contributed by atoms with Crippen LogP contribution in [0.15, 0.2) is 52.0 Å². The Morgan fingerprint density at radius 1 is 1.21 bits per heavy atom. The molecule has 2 aromatic carbocycles. The fourth-order valence-corrected chi connectivity index (χ4v) is 3.15. The summed E-state index contributed by atoms with van der Waals surface area (Å²) in [6.07, 6.45) is 1.36. The van der Waals surface area contributed by atoms with Gasteiger partial charge in [0.2, 0.25) is 0 Å². The maximum Gasteiger partial charge on any atom is 0.308 e. The third-order valence-corrected chi connectivity index (χ3v) is 5.08. The Kier molecular flexibility index (Phi) is 6.43. The third-order valence-electron chi connectivity index (χ3n) is 4.59. The number of aromatic nitrogens is 2. The number of benzene rings is 2. The van der Waals surface area contributed by atoms with Crippen molar-refractivity contribution >= 4 is 44.4 Å². The topological polar surface area (TPSA) is 90.3 Å². The van der Waals surface area contributed by atoms with Crippen LogP contribution in [0.3, 0.4) is 0 Å². The minimum Gasteiger partial charge on any atom is -0.456 e. The van der Waals surface area contributed by atoms with Crippen molar-refractivity contribution in [3.63, 3.8) is 0 Å². The third kappa shape index (κ3) is 5.08. The lowest BCUT2D eigenvalue weighted by Crippen LogP contribution is -2.24. The summed E-state index contributed by atoms with van der Waals surface area (Å²) in [5, 5.41) is 3.19. The summed E-state index contributed by atoms with van der Waals surface area (Å²) in [4.78, 5) is 40.7. The maximum absolute atomic E-state index is 12.5. The van der Waals surface area contributed by atoms with Crippen molar-refractivity contribution in [3.8, 4) is 0 Å². The molecule has 0 radical (unpaired) electrons. The van der Waals surface area contributed by atoms with Gasteiger partial charge in [-0.05, 0) is 49.2 Å². The molecular formula is C21H20BrN3O4. The Balaban J connectivity index is 1.54. The summed E-state index contributed by atoms with van der Waals surface area (Å²) >= 11 is 3.33. The average Bonchev–Trinajstić information content (AvgIpc) is 2.70. The van der Waals surface area contributed by atoms with Gasteiger partial charge in [0, 0.05) is 16.7 Å². The lowest BCUT2D eigenvalue weighted by atomic mass is 10.1. The molecule has 1 heterocycles. The van der Waals surface area contributed by atoms with Crippen LogP contribution in [0.2, 0.25) is 0 Å². The van der Waals surface area contributed by atoms with Gasteiger partial charge >= 0.3 is 5.97 Å². The molecule has 0 spiro atoms. The van der Waals surface area contributed by atoms with Crippen molar-refractivity contribution in [2.24, 2.45) is 0 Å². The second kappa shape index (κ2) is 9.00. The minimum atomic E-state index is -0.567. The van der Waals surface area contributed by atoms with Crippen molar-refractivity contribution in [2.45, 2.75) is 26.8 Å². The van der Waals surface area contributed by atoms with Crippen LogP contribution in [0.4, 0.5) is 5.69 Å². The fourth-order valence-electron chi connectivity index (χ4n) is 2.79. The van der Waals surface area contributed by atoms with Crippen LogP contribution in [0, 0.1) is 13.8 Å². The van der Waals surface area contributed by atoms with Gasteiger partial charge < -0.3 is 10.1 Å². The molecule has 150 valence electrons. The first-order valence-electron chi connectivity index (χ1n) is 9.01. The van der Waals surface area contributed by atoms with Gasteiger partial charge in [-0.1, -0.05) is 28.1 Å². The zero-order valence-corrected chi connectivity index (χ0v) is 17.7. The van der Waals surface area contributed by atoms with Crippen molar-refractivity contribution in [3.05, 3.63) is 68.7 Å². The number of aryl methyl sites for hydroxylation is 2. The summed E-state index contributed by atoms with van der Waals surface area (Å²) in [5.41, 5.74) is 3.05. The first-order valence-corrected chi connectivity index (χ1v) is 9.81. The number of rotatable bonds is 6. The summed E-state index contributed by atoms with van der Waals surface area (Å²) in [7, 11) is 0. The van der Waals surface area contributed by atoms with Gasteiger partial charge in [0.15, 0.2) is 6.61 Å². The highest BCUT2D eigenvalue weighted by molar-refractivity contribution is 9.10. The molecule has 0 fully saturated rings. The highest BCUT2D eigenvalue weighted by Gasteiger charge is 2.11. The number of halogens is 1. The van der Waals surface area contributed by atoms with Gasteiger partial charge in [0.1, 0.15) is 0 Å². The summed E-state index contributed by atoms with van der Waals surface area (Å²) < 4.78 is 7.15. The van der Waals surface area contributed by atoms with Gasteiger partial charge in [-0.25, -0.2) is 4.98 Å². The number of ether oxygens (including phenoxy) is 1. The SMILES string of the molecule is Cc1cccc(NC(=O)COC(=O)CCn2cnc3ccc(Br)cc3c2=O)c1C. The van der Waals surface area contributed by atoms with Crippen molar-refractivity contribution in [1.82, 2.24) is 9.55 Å². The van der Waals surface area contributed by atoms with Crippen LogP contribution < -0.4 is 10.9 Å². The monoisotopic (exact) mass is 457 g/mol. The highest BCUT2D eigenvalue weighted by Crippen LogP contribution is 2.18. The van der Waals surface area contributed by atoms with E-state index in [-0.39, 0.29) is 25.1 Å². The summed E-state index contributed by atoms with van der Waals surface area (Å²) in [6, 6.07) is 10.8. The quantitative estimate of drug-likeness (QED) is 0.573. The van der Waals surface area contributed by atoms with Crippen molar-refractivity contribution in [2.75, 3.05) is 11.9 Å². The molecule has 3 aromatic rings. The average molecular weight is 458 g/mol. The first-order chi connectivity index (χ1) is 13.8. The molecule has 29 heavy (non-hydrogen) atoms. The van der Waals surface area contributed by atoms with E-state index in [9.17, 15) is 14.4 Å². The van der Waals surface area contributed by atoms with E-state index in [4.69, 9.17) is 4.74 Å². The van der Waals surface area contributed by atoms with Crippen LogP contribution >= 0.6 is 15.9 Å². The summed E-state index contributed by atoms with van der Waals surface area (Å²) in [6.45, 7) is 3.59. The van der Waals surface area contributed by atoms with Crippen LogP contribution in [-0.4, -0.2) is 28.0 Å². The first kappa shape index (κ1) is 20.7. The molecule has 0 unspecified atom stereocenters. The second-order valence-corrected chi connectivity index (χ2v) is 7.53. The van der Waals surface area contributed by atoms with Crippen LogP contribution in [0.5, 0.6) is 0 Å². The van der Waals surface area contributed by atoms with E-state index in [1.807, 2.05) is 26.0 Å². The molecule has 3 rings (SSSR count). The van der Waals surface area contributed by atoms with E-state index in [2.05, 4.69) is 26.2 Å². The molecule has 0 aliphatic rings. The van der Waals surface area contributed by atoms with Gasteiger partial charge in [-0.2, -0.15) is 0 Å². The molecule has 1 amide bonds. The molecule has 1 aromatic heterocycles. The molecule has 0 bridgehead atoms. The van der Waals surface area contributed by atoms with Gasteiger partial charge in [0.05, 0.1) is 23.7 Å². The highest BCUT2D eigenvalue weighted by atomic mass is 79.9. The summed E-state index contributed by atoms with van der Waals surface area (Å²) in [5.74, 6) is -0.983. The molecule has 0 atom stereocenters. The smallest absolute Gasteiger partial charge is 0.308 e. The van der Waals surface area contributed by atoms with E-state index in [1.165, 1.54) is 10.9 Å². The predicted octanol–water partition coefficient (Wildman–Crippen LogP) is 3.35. The Hall–Kier alpha value is -3.00. The number of carbonyl (C=O) groups is 2. The Morgan fingerprint density at radius 2 is 2.00 bits per heavy atom. The van der Waals surface area contributed by atoms with Crippen LogP contribution in [0.1, 0.15) is 17.5 Å². The number of hydrogen-bond acceptors (Lipinski definition) is 5. The van der Waals surface area contributed by atoms with E-state index < -0.39 is 11.9 Å². The fraction of sp³-hybridized carbons (Fsp3) is 0.238. The van der Waals surface area contributed by atoms with E-state index in [1.54, 1.807) is 24.3 Å². The lowest BCUT2D eigenvalue weighted by Gasteiger charge is -2.11. The van der Waals surface area contributed by atoms with Crippen LogP contribution in [-0.2, 0) is 20.9 Å². The van der Waals surface area contributed by atoms with Gasteiger partial charge in [-0.15, -0.1) is 0 Å². The van der Waals surface area contributed by atoms with Gasteiger partial charge in [-0.3, -0.25) is 19.0 Å². The predicted molar refractivity (Wildman–Crippen MR) is 114 cm³/mol. The zero-order valence-electron chi connectivity index (χ0n) is 16.1. The van der Waals surface area contributed by atoms with E-state index in [0.717, 1.165) is 15.6 Å². The molecule has 1 N–H and O–H groups in total. The standard InChI is InChI=1S/C21H20BrN3O4/c1-13-4-3-5-17(14(13)2)24-19(26)11-29-20(27)8-9-25-12-23-18-7-6-15(22)10-16(18)21(25)28/h3-7,10,12H,8-9,11H2,1-2H3,(H,24,26). The van der Waals surface area contributed by atoms with E-state index >= 15 is 0 Å². The number of esters is 1. The lowest BCUT2D eigenvalue weighted by molar-refractivity contribution is -0.147. The normalized spacial score (nSPS) is 10.7. The molecule has 7 nitrogen and oxygen atoms in total. The molecular weight excluding hydrogens is 438 g/mol. The Labute approximate surface area is 175 Å². The maximum atomic E-state index is 12.5. The molecule has 0 saturated heterocycles. The number of anilines is 1. The largest absolute Gasteiger partial charge is 0.456 e. The second-order valence-electron chi connectivity index (χ2n) is 6.61. The molecule has 0 saturated carbocycles. The zero-order chi connectivity index (χ0) is 21.0. The number of amides is 1. The number of hydrogen-bond donors (Lipinski definition) is 1. The van der Waals surface area contributed by atoms with Crippen molar-refractivity contribution in [1.29, 1.82) is 0 Å². The molecule has 0 aliphatic carbocycles. The van der Waals surface area contributed by atoms with Crippen LogP contribution in [0.25, 0.3) is 10.9 Å². The number of nitrogens with zero attached hydrogens (tertiary/aromatic N) is 2. The number of fused-ring (bicyclic) bond motifs is 1.